The van der Waals surface area contributed by atoms with Crippen molar-refractivity contribution in [3.63, 3.8) is 0 Å². The number of ketones is 1. The van der Waals surface area contributed by atoms with Gasteiger partial charge in [-0.15, -0.1) is 0 Å². The molecule has 0 amide bonds. The standard InChI is InChI=1S/C13H16O3/c14-8-7-10-1-5-12(6-2-10)16-9-13(15)11-3-4-11/h1-2,5-6,11,14H,3-4,7-9H2. The van der Waals surface area contributed by atoms with E-state index in [-0.39, 0.29) is 24.9 Å². The molecule has 1 N–H and O–H groups in total. The van der Waals surface area contributed by atoms with E-state index in [1.54, 1.807) is 0 Å². The molecule has 1 aliphatic rings. The van der Waals surface area contributed by atoms with E-state index < -0.39 is 0 Å². The third-order valence-corrected chi connectivity index (χ3v) is 2.74. The van der Waals surface area contributed by atoms with Gasteiger partial charge in [-0.3, -0.25) is 4.79 Å². The predicted molar refractivity (Wildman–Crippen MR) is 60.5 cm³/mol. The molecular weight excluding hydrogens is 204 g/mol. The molecule has 1 saturated carbocycles. The molecule has 0 bridgehead atoms. The van der Waals surface area contributed by atoms with Crippen LogP contribution < -0.4 is 4.74 Å². The van der Waals surface area contributed by atoms with Gasteiger partial charge in [0.2, 0.25) is 0 Å². The Bertz CT molecular complexity index is 352. The monoisotopic (exact) mass is 220 g/mol. The van der Waals surface area contributed by atoms with Crippen molar-refractivity contribution in [2.75, 3.05) is 13.2 Å². The fraction of sp³-hybridized carbons (Fsp3) is 0.462. The third-order valence-electron chi connectivity index (χ3n) is 2.74. The highest BCUT2D eigenvalue weighted by atomic mass is 16.5. The molecule has 3 nitrogen and oxygen atoms in total. The van der Waals surface area contributed by atoms with Crippen LogP contribution in [0.3, 0.4) is 0 Å². The molecule has 0 spiro atoms. The van der Waals surface area contributed by atoms with E-state index in [1.165, 1.54) is 0 Å². The highest BCUT2D eigenvalue weighted by Gasteiger charge is 2.29. The maximum Gasteiger partial charge on any atom is 0.173 e. The van der Waals surface area contributed by atoms with E-state index in [0.29, 0.717) is 6.42 Å². The van der Waals surface area contributed by atoms with Gasteiger partial charge >= 0.3 is 0 Å². The van der Waals surface area contributed by atoms with Crippen molar-refractivity contribution in [1.82, 2.24) is 0 Å². The molecule has 0 atom stereocenters. The number of rotatable bonds is 6. The number of benzene rings is 1. The lowest BCUT2D eigenvalue weighted by atomic mass is 10.1. The van der Waals surface area contributed by atoms with Crippen molar-refractivity contribution < 1.29 is 14.6 Å². The van der Waals surface area contributed by atoms with Gasteiger partial charge in [-0.1, -0.05) is 12.1 Å². The van der Waals surface area contributed by atoms with Crippen molar-refractivity contribution in [1.29, 1.82) is 0 Å². The first-order chi connectivity index (χ1) is 7.79. The Hall–Kier alpha value is -1.35. The first-order valence-electron chi connectivity index (χ1n) is 5.65. The summed E-state index contributed by atoms with van der Waals surface area (Å²) in [7, 11) is 0. The van der Waals surface area contributed by atoms with Crippen molar-refractivity contribution in [2.45, 2.75) is 19.3 Å². The van der Waals surface area contributed by atoms with E-state index in [2.05, 4.69) is 0 Å². The predicted octanol–water partition coefficient (Wildman–Crippen LogP) is 1.58. The molecule has 1 aromatic carbocycles. The van der Waals surface area contributed by atoms with E-state index in [1.807, 2.05) is 24.3 Å². The fourth-order valence-electron chi connectivity index (χ4n) is 1.56. The van der Waals surface area contributed by atoms with Gasteiger partial charge in [-0.05, 0) is 37.0 Å². The lowest BCUT2D eigenvalue weighted by Crippen LogP contribution is -2.12. The molecule has 0 heterocycles. The van der Waals surface area contributed by atoms with Gasteiger partial charge in [-0.25, -0.2) is 0 Å². The van der Waals surface area contributed by atoms with Crippen molar-refractivity contribution in [3.05, 3.63) is 29.8 Å². The maximum absolute atomic E-state index is 11.4. The minimum absolute atomic E-state index is 0.153. The molecule has 16 heavy (non-hydrogen) atoms. The van der Waals surface area contributed by atoms with Crippen LogP contribution in [0.5, 0.6) is 5.75 Å². The molecule has 0 aliphatic heterocycles. The average Bonchev–Trinajstić information content (AvgIpc) is 3.12. The van der Waals surface area contributed by atoms with Crippen LogP contribution in [0, 0.1) is 5.92 Å². The second kappa shape index (κ2) is 5.12. The van der Waals surface area contributed by atoms with Crippen LogP contribution in [0.1, 0.15) is 18.4 Å². The first-order valence-corrected chi connectivity index (χ1v) is 5.65. The van der Waals surface area contributed by atoms with Gasteiger partial charge in [0, 0.05) is 12.5 Å². The maximum atomic E-state index is 11.4. The highest BCUT2D eigenvalue weighted by Crippen LogP contribution is 2.29. The molecule has 0 unspecified atom stereocenters. The van der Waals surface area contributed by atoms with Crippen LogP contribution in [0.2, 0.25) is 0 Å². The Kier molecular flexibility index (Phi) is 3.57. The molecular formula is C13H16O3. The normalized spacial score (nSPS) is 14.8. The molecule has 1 fully saturated rings. The van der Waals surface area contributed by atoms with Crippen molar-refractivity contribution in [3.8, 4) is 5.75 Å². The zero-order valence-electron chi connectivity index (χ0n) is 9.19. The van der Waals surface area contributed by atoms with Crippen molar-refractivity contribution in [2.24, 2.45) is 5.92 Å². The van der Waals surface area contributed by atoms with Crippen LogP contribution >= 0.6 is 0 Å². The summed E-state index contributed by atoms with van der Waals surface area (Å²) in [6.45, 7) is 0.338. The summed E-state index contributed by atoms with van der Waals surface area (Å²) >= 11 is 0. The molecule has 1 aromatic rings. The summed E-state index contributed by atoms with van der Waals surface area (Å²) in [6, 6.07) is 7.50. The van der Waals surface area contributed by atoms with Gasteiger partial charge in [0.05, 0.1) is 0 Å². The Morgan fingerprint density at radius 2 is 2.00 bits per heavy atom. The summed E-state index contributed by atoms with van der Waals surface area (Å²) in [5.41, 5.74) is 1.07. The fourth-order valence-corrected chi connectivity index (χ4v) is 1.56. The van der Waals surface area contributed by atoms with Gasteiger partial charge in [0.25, 0.3) is 0 Å². The Morgan fingerprint density at radius 1 is 1.31 bits per heavy atom. The lowest BCUT2D eigenvalue weighted by Gasteiger charge is -2.05. The zero-order chi connectivity index (χ0) is 11.4. The number of hydrogen-bond acceptors (Lipinski definition) is 3. The molecule has 0 radical (unpaired) electrons. The quantitative estimate of drug-likeness (QED) is 0.791. The largest absolute Gasteiger partial charge is 0.486 e. The van der Waals surface area contributed by atoms with E-state index in [0.717, 1.165) is 24.2 Å². The second-order valence-corrected chi connectivity index (χ2v) is 4.15. The summed E-state index contributed by atoms with van der Waals surface area (Å²) < 4.78 is 5.39. The summed E-state index contributed by atoms with van der Waals surface area (Å²) in [4.78, 5) is 11.4. The van der Waals surface area contributed by atoms with Crippen LogP contribution in [-0.4, -0.2) is 24.1 Å². The van der Waals surface area contributed by atoms with Crippen LogP contribution in [0.25, 0.3) is 0 Å². The number of aliphatic hydroxyl groups is 1. The zero-order valence-corrected chi connectivity index (χ0v) is 9.19. The Morgan fingerprint density at radius 3 is 2.56 bits per heavy atom. The summed E-state index contributed by atoms with van der Waals surface area (Å²) in [6.07, 6.45) is 2.70. The average molecular weight is 220 g/mol. The van der Waals surface area contributed by atoms with E-state index >= 15 is 0 Å². The number of carbonyl (C=O) groups excluding carboxylic acids is 1. The molecule has 0 saturated heterocycles. The molecule has 0 aromatic heterocycles. The highest BCUT2D eigenvalue weighted by molar-refractivity contribution is 5.84. The van der Waals surface area contributed by atoms with Crippen LogP contribution in [-0.2, 0) is 11.2 Å². The number of Topliss-reactive ketones (excluding diaryl/α,β-unsaturated/α-hetero) is 1. The van der Waals surface area contributed by atoms with Gasteiger partial charge in [0.15, 0.2) is 5.78 Å². The molecule has 3 heteroatoms. The van der Waals surface area contributed by atoms with Crippen LogP contribution in [0.15, 0.2) is 24.3 Å². The van der Waals surface area contributed by atoms with Gasteiger partial charge < -0.3 is 9.84 Å². The smallest absolute Gasteiger partial charge is 0.173 e. The van der Waals surface area contributed by atoms with Gasteiger partial charge in [-0.2, -0.15) is 0 Å². The third kappa shape index (κ3) is 3.07. The lowest BCUT2D eigenvalue weighted by molar-refractivity contribution is -0.122. The van der Waals surface area contributed by atoms with Crippen molar-refractivity contribution >= 4 is 5.78 Å². The summed E-state index contributed by atoms with van der Waals surface area (Å²) in [5.74, 6) is 1.18. The van der Waals surface area contributed by atoms with E-state index in [4.69, 9.17) is 9.84 Å². The minimum atomic E-state index is 0.153. The number of hydrogen-bond donors (Lipinski definition) is 1. The Balaban J connectivity index is 1.82. The topological polar surface area (TPSA) is 46.5 Å². The minimum Gasteiger partial charge on any atom is -0.486 e. The number of carbonyl (C=O) groups is 1. The number of aliphatic hydroxyl groups excluding tert-OH is 1. The SMILES string of the molecule is O=C(COc1ccc(CCO)cc1)C1CC1. The first kappa shape index (κ1) is 11.1. The summed E-state index contributed by atoms with van der Waals surface area (Å²) in [5, 5.41) is 8.76. The second-order valence-electron chi connectivity index (χ2n) is 4.15. The Labute approximate surface area is 95.0 Å². The van der Waals surface area contributed by atoms with Gasteiger partial charge in [0.1, 0.15) is 12.4 Å². The number of ether oxygens (including phenoxy) is 1. The molecule has 1 aliphatic carbocycles. The van der Waals surface area contributed by atoms with Crippen LogP contribution in [0.4, 0.5) is 0 Å². The molecule has 2 rings (SSSR count). The van der Waals surface area contributed by atoms with E-state index in [9.17, 15) is 4.79 Å². The molecule has 86 valence electrons.